The first-order valence-electron chi connectivity index (χ1n) is 5.88. The molecule has 3 N–H and O–H groups in total. The molecule has 1 aromatic rings. The van der Waals surface area contributed by atoms with Crippen molar-refractivity contribution < 1.29 is 0 Å². The van der Waals surface area contributed by atoms with Crippen molar-refractivity contribution in [3.8, 4) is 0 Å². The number of aryl methyl sites for hydroxylation is 1. The largest absolute Gasteiger partial charge is 0.330 e. The van der Waals surface area contributed by atoms with Gasteiger partial charge in [-0.3, -0.25) is 4.68 Å². The Morgan fingerprint density at radius 3 is 2.75 bits per heavy atom. The summed E-state index contributed by atoms with van der Waals surface area (Å²) in [6.45, 7) is 7.04. The SMILES string of the molecule is CC(C)C(CN)CNCCc1ncn(C)n1. The zero-order valence-electron chi connectivity index (χ0n) is 10.5. The third kappa shape index (κ3) is 4.28. The molecule has 1 unspecified atom stereocenters. The molecule has 1 rings (SSSR count). The van der Waals surface area contributed by atoms with E-state index in [1.165, 1.54) is 0 Å². The molecule has 5 nitrogen and oxygen atoms in total. The van der Waals surface area contributed by atoms with E-state index in [-0.39, 0.29) is 0 Å². The van der Waals surface area contributed by atoms with Crippen molar-refractivity contribution in [2.75, 3.05) is 19.6 Å². The first-order valence-corrected chi connectivity index (χ1v) is 5.88. The minimum Gasteiger partial charge on any atom is -0.330 e. The molecule has 0 radical (unpaired) electrons. The van der Waals surface area contributed by atoms with Crippen molar-refractivity contribution in [1.82, 2.24) is 20.1 Å². The maximum Gasteiger partial charge on any atom is 0.151 e. The molecule has 1 heterocycles. The number of nitrogens with one attached hydrogen (secondary N) is 1. The van der Waals surface area contributed by atoms with Crippen LogP contribution < -0.4 is 11.1 Å². The van der Waals surface area contributed by atoms with Crippen molar-refractivity contribution in [3.05, 3.63) is 12.2 Å². The summed E-state index contributed by atoms with van der Waals surface area (Å²) in [5, 5.41) is 7.63. The lowest BCUT2D eigenvalue weighted by Crippen LogP contribution is -2.32. The number of hydrogen-bond donors (Lipinski definition) is 2. The Labute approximate surface area is 97.4 Å². The van der Waals surface area contributed by atoms with Gasteiger partial charge in [0.2, 0.25) is 0 Å². The number of aromatic nitrogens is 3. The maximum absolute atomic E-state index is 5.70. The van der Waals surface area contributed by atoms with Crippen LogP contribution in [-0.4, -0.2) is 34.4 Å². The zero-order valence-corrected chi connectivity index (χ0v) is 10.5. The normalized spacial score (nSPS) is 13.3. The highest BCUT2D eigenvalue weighted by molar-refractivity contribution is 4.82. The molecule has 0 fully saturated rings. The lowest BCUT2D eigenvalue weighted by Gasteiger charge is -2.18. The van der Waals surface area contributed by atoms with E-state index in [2.05, 4.69) is 29.2 Å². The zero-order chi connectivity index (χ0) is 12.0. The van der Waals surface area contributed by atoms with Crippen molar-refractivity contribution in [3.63, 3.8) is 0 Å². The van der Waals surface area contributed by atoms with Gasteiger partial charge in [0.25, 0.3) is 0 Å². The lowest BCUT2D eigenvalue weighted by atomic mass is 9.96. The summed E-state index contributed by atoms with van der Waals surface area (Å²) >= 11 is 0. The van der Waals surface area contributed by atoms with Gasteiger partial charge in [0.05, 0.1) is 0 Å². The minimum absolute atomic E-state index is 0.552. The van der Waals surface area contributed by atoms with Crippen LogP contribution in [0.25, 0.3) is 0 Å². The van der Waals surface area contributed by atoms with Crippen LogP contribution in [0.3, 0.4) is 0 Å². The topological polar surface area (TPSA) is 68.8 Å². The van der Waals surface area contributed by atoms with Gasteiger partial charge < -0.3 is 11.1 Å². The average molecular weight is 225 g/mol. The van der Waals surface area contributed by atoms with Gasteiger partial charge in [0.1, 0.15) is 6.33 Å². The smallest absolute Gasteiger partial charge is 0.151 e. The summed E-state index contributed by atoms with van der Waals surface area (Å²) in [4.78, 5) is 4.17. The molecule has 5 heteroatoms. The van der Waals surface area contributed by atoms with Crippen LogP contribution in [0.5, 0.6) is 0 Å². The van der Waals surface area contributed by atoms with Crippen LogP contribution >= 0.6 is 0 Å². The Hall–Kier alpha value is -0.940. The van der Waals surface area contributed by atoms with Gasteiger partial charge in [-0.25, -0.2) is 4.98 Å². The van der Waals surface area contributed by atoms with Gasteiger partial charge in [-0.2, -0.15) is 5.10 Å². The van der Waals surface area contributed by atoms with E-state index in [1.807, 2.05) is 7.05 Å². The molecule has 1 atom stereocenters. The van der Waals surface area contributed by atoms with Gasteiger partial charge in [0, 0.05) is 20.0 Å². The Balaban J connectivity index is 2.16. The van der Waals surface area contributed by atoms with Gasteiger partial charge in [-0.1, -0.05) is 13.8 Å². The fourth-order valence-electron chi connectivity index (χ4n) is 1.58. The van der Waals surface area contributed by atoms with Gasteiger partial charge >= 0.3 is 0 Å². The van der Waals surface area contributed by atoms with E-state index in [0.717, 1.165) is 31.9 Å². The van der Waals surface area contributed by atoms with Gasteiger partial charge in [0.15, 0.2) is 5.82 Å². The molecule has 1 aromatic heterocycles. The van der Waals surface area contributed by atoms with Crippen LogP contribution in [-0.2, 0) is 13.5 Å². The van der Waals surface area contributed by atoms with E-state index >= 15 is 0 Å². The van der Waals surface area contributed by atoms with Crippen LogP contribution in [0.2, 0.25) is 0 Å². The number of nitrogens with zero attached hydrogens (tertiary/aromatic N) is 3. The van der Waals surface area contributed by atoms with Crippen molar-refractivity contribution >= 4 is 0 Å². The lowest BCUT2D eigenvalue weighted by molar-refractivity contribution is 0.372. The Morgan fingerprint density at radius 2 is 2.25 bits per heavy atom. The monoisotopic (exact) mass is 225 g/mol. The average Bonchev–Trinajstić information content (AvgIpc) is 2.64. The van der Waals surface area contributed by atoms with E-state index in [0.29, 0.717) is 11.8 Å². The van der Waals surface area contributed by atoms with E-state index in [9.17, 15) is 0 Å². The van der Waals surface area contributed by atoms with E-state index < -0.39 is 0 Å². The number of nitrogens with two attached hydrogens (primary N) is 1. The van der Waals surface area contributed by atoms with Crippen molar-refractivity contribution in [2.45, 2.75) is 20.3 Å². The van der Waals surface area contributed by atoms with Crippen LogP contribution in [0.15, 0.2) is 6.33 Å². The molecule has 92 valence electrons. The molecular weight excluding hydrogens is 202 g/mol. The van der Waals surface area contributed by atoms with E-state index in [1.54, 1.807) is 11.0 Å². The predicted molar refractivity (Wildman–Crippen MR) is 65.0 cm³/mol. The second-order valence-electron chi connectivity index (χ2n) is 4.53. The summed E-state index contributed by atoms with van der Waals surface area (Å²) in [5.41, 5.74) is 5.70. The van der Waals surface area contributed by atoms with Crippen LogP contribution in [0.1, 0.15) is 19.7 Å². The summed E-state index contributed by atoms with van der Waals surface area (Å²) in [6.07, 6.45) is 2.60. The van der Waals surface area contributed by atoms with Gasteiger partial charge in [-0.15, -0.1) is 0 Å². The standard InChI is InChI=1S/C11H23N5/c1-9(2)10(6-12)7-13-5-4-11-14-8-16(3)15-11/h8-10,13H,4-7,12H2,1-3H3. The minimum atomic E-state index is 0.552. The van der Waals surface area contributed by atoms with Gasteiger partial charge in [-0.05, 0) is 24.9 Å². The first kappa shape index (κ1) is 13.1. The quantitative estimate of drug-likeness (QED) is 0.649. The number of rotatable bonds is 7. The highest BCUT2D eigenvalue weighted by Gasteiger charge is 2.10. The predicted octanol–water partition coefficient (Wildman–Crippen LogP) is 0.178. The summed E-state index contributed by atoms with van der Waals surface area (Å²) in [5.74, 6) is 2.08. The fraction of sp³-hybridized carbons (Fsp3) is 0.818. The molecule has 0 amide bonds. The molecule has 0 aromatic carbocycles. The highest BCUT2D eigenvalue weighted by Crippen LogP contribution is 2.07. The number of hydrogen-bond acceptors (Lipinski definition) is 4. The third-order valence-electron chi connectivity index (χ3n) is 2.82. The molecule has 0 spiro atoms. The summed E-state index contributed by atoms with van der Waals surface area (Å²) < 4.78 is 1.73. The molecule has 0 aliphatic rings. The maximum atomic E-state index is 5.70. The van der Waals surface area contributed by atoms with E-state index in [4.69, 9.17) is 5.73 Å². The second kappa shape index (κ2) is 6.60. The Morgan fingerprint density at radius 1 is 1.50 bits per heavy atom. The summed E-state index contributed by atoms with van der Waals surface area (Å²) in [7, 11) is 1.88. The summed E-state index contributed by atoms with van der Waals surface area (Å²) in [6, 6.07) is 0. The molecule has 0 aliphatic carbocycles. The Bertz CT molecular complexity index is 294. The second-order valence-corrected chi connectivity index (χ2v) is 4.53. The third-order valence-corrected chi connectivity index (χ3v) is 2.82. The van der Waals surface area contributed by atoms with Crippen LogP contribution in [0.4, 0.5) is 0 Å². The van der Waals surface area contributed by atoms with Crippen molar-refractivity contribution in [2.24, 2.45) is 24.6 Å². The highest BCUT2D eigenvalue weighted by atomic mass is 15.3. The molecule has 0 bridgehead atoms. The first-order chi connectivity index (χ1) is 7.63. The fourth-order valence-corrected chi connectivity index (χ4v) is 1.58. The van der Waals surface area contributed by atoms with Crippen molar-refractivity contribution in [1.29, 1.82) is 0 Å². The van der Waals surface area contributed by atoms with Crippen LogP contribution in [0, 0.1) is 11.8 Å². The molecular formula is C11H23N5. The molecule has 0 aliphatic heterocycles. The molecule has 0 saturated heterocycles. The Kier molecular flexibility index (Phi) is 5.42. The molecule has 16 heavy (non-hydrogen) atoms. The molecule has 0 saturated carbocycles.